The summed E-state index contributed by atoms with van der Waals surface area (Å²) >= 11 is 0. The second-order valence-corrected chi connectivity index (χ2v) is 3.33. The Labute approximate surface area is 95.4 Å². The summed E-state index contributed by atoms with van der Waals surface area (Å²) in [6.07, 6.45) is 1.13. The smallest absolute Gasteiger partial charge is 0.354 e. The maximum atomic E-state index is 13.4. The molecule has 1 aromatic carbocycles. The quantitative estimate of drug-likeness (QED) is 0.870. The minimum Gasteiger partial charge on any atom is -0.477 e. The Morgan fingerprint density at radius 1 is 1.12 bits per heavy atom. The molecule has 86 valence electrons. The molecule has 0 atom stereocenters. The molecule has 1 heterocycles. The van der Waals surface area contributed by atoms with Gasteiger partial charge in [-0.05, 0) is 18.2 Å². The molecular formula is C12H7F2NO2. The fourth-order valence-corrected chi connectivity index (χ4v) is 1.44. The lowest BCUT2D eigenvalue weighted by molar-refractivity contribution is 0.0690. The highest BCUT2D eigenvalue weighted by Gasteiger charge is 2.12. The summed E-state index contributed by atoms with van der Waals surface area (Å²) in [4.78, 5) is 14.2. The lowest BCUT2D eigenvalue weighted by Gasteiger charge is -2.04. The molecule has 0 unspecified atom stereocenters. The number of benzene rings is 1. The van der Waals surface area contributed by atoms with Gasteiger partial charge in [0.05, 0.1) is 5.56 Å². The Morgan fingerprint density at radius 3 is 2.24 bits per heavy atom. The molecule has 0 saturated carbocycles. The Hall–Kier alpha value is -2.30. The third-order valence-electron chi connectivity index (χ3n) is 2.23. The molecule has 3 nitrogen and oxygen atoms in total. The Balaban J connectivity index is 2.50. The number of carboxylic acids is 1. The van der Waals surface area contributed by atoms with Gasteiger partial charge in [0.15, 0.2) is 0 Å². The first-order chi connectivity index (χ1) is 8.09. The van der Waals surface area contributed by atoms with Crippen molar-refractivity contribution in [2.24, 2.45) is 0 Å². The van der Waals surface area contributed by atoms with E-state index in [1.807, 2.05) is 0 Å². The average Bonchev–Trinajstić information content (AvgIpc) is 2.29. The number of hydrogen-bond acceptors (Lipinski definition) is 2. The number of halogens is 2. The van der Waals surface area contributed by atoms with Crippen LogP contribution in [0.15, 0.2) is 36.5 Å². The van der Waals surface area contributed by atoms with Crippen LogP contribution in [0.4, 0.5) is 8.78 Å². The molecule has 0 bridgehead atoms. The van der Waals surface area contributed by atoms with E-state index < -0.39 is 17.6 Å². The summed E-state index contributed by atoms with van der Waals surface area (Å²) in [7, 11) is 0. The van der Waals surface area contributed by atoms with Crippen molar-refractivity contribution in [1.29, 1.82) is 0 Å². The van der Waals surface area contributed by atoms with Gasteiger partial charge in [-0.3, -0.25) is 0 Å². The van der Waals surface area contributed by atoms with Crippen molar-refractivity contribution in [3.8, 4) is 11.1 Å². The van der Waals surface area contributed by atoms with Gasteiger partial charge in [-0.2, -0.15) is 0 Å². The first-order valence-corrected chi connectivity index (χ1v) is 4.73. The van der Waals surface area contributed by atoms with Crippen LogP contribution in [0.25, 0.3) is 11.1 Å². The fraction of sp³-hybridized carbons (Fsp3) is 0. The number of carbonyl (C=O) groups is 1. The van der Waals surface area contributed by atoms with Crippen molar-refractivity contribution in [1.82, 2.24) is 4.98 Å². The van der Waals surface area contributed by atoms with Crippen LogP contribution in [-0.2, 0) is 0 Å². The second kappa shape index (κ2) is 4.29. The van der Waals surface area contributed by atoms with E-state index in [2.05, 4.69) is 4.98 Å². The van der Waals surface area contributed by atoms with Crippen molar-refractivity contribution in [2.45, 2.75) is 0 Å². The number of hydrogen-bond donors (Lipinski definition) is 1. The number of aromatic nitrogens is 1. The molecule has 0 saturated heterocycles. The van der Waals surface area contributed by atoms with Crippen LogP contribution in [-0.4, -0.2) is 16.1 Å². The lowest BCUT2D eigenvalue weighted by atomic mass is 10.1. The van der Waals surface area contributed by atoms with Gasteiger partial charge < -0.3 is 5.11 Å². The predicted molar refractivity (Wildman–Crippen MR) is 56.5 cm³/mol. The molecule has 0 aliphatic heterocycles. The van der Waals surface area contributed by atoms with E-state index in [4.69, 9.17) is 5.11 Å². The summed E-state index contributed by atoms with van der Waals surface area (Å²) in [5.41, 5.74) is -0.187. The van der Waals surface area contributed by atoms with Gasteiger partial charge in [0.25, 0.3) is 0 Å². The molecule has 0 aliphatic rings. The Morgan fingerprint density at radius 2 is 1.76 bits per heavy atom. The summed E-state index contributed by atoms with van der Waals surface area (Å²) < 4.78 is 26.8. The van der Waals surface area contributed by atoms with Gasteiger partial charge in [-0.15, -0.1) is 0 Å². The molecule has 5 heteroatoms. The number of pyridine rings is 1. The van der Waals surface area contributed by atoms with Gasteiger partial charge >= 0.3 is 5.97 Å². The first kappa shape index (κ1) is 11.2. The monoisotopic (exact) mass is 235 g/mol. The third-order valence-corrected chi connectivity index (χ3v) is 2.23. The zero-order valence-electron chi connectivity index (χ0n) is 8.52. The zero-order chi connectivity index (χ0) is 12.4. The van der Waals surface area contributed by atoms with Crippen molar-refractivity contribution in [3.63, 3.8) is 0 Å². The summed E-state index contributed by atoms with van der Waals surface area (Å²) in [5, 5.41) is 8.64. The highest BCUT2D eigenvalue weighted by molar-refractivity contribution is 5.85. The van der Waals surface area contributed by atoms with E-state index in [1.54, 1.807) is 0 Å². The van der Waals surface area contributed by atoms with Crippen molar-refractivity contribution >= 4 is 5.97 Å². The molecule has 0 aliphatic carbocycles. The van der Waals surface area contributed by atoms with Gasteiger partial charge in [0.2, 0.25) is 0 Å². The molecule has 2 rings (SSSR count). The molecule has 0 amide bonds. The third kappa shape index (κ3) is 2.13. The number of aromatic carboxylic acids is 1. The van der Waals surface area contributed by atoms with Crippen LogP contribution in [0.3, 0.4) is 0 Å². The van der Waals surface area contributed by atoms with Crippen LogP contribution in [0.2, 0.25) is 0 Å². The molecule has 1 N–H and O–H groups in total. The fourth-order valence-electron chi connectivity index (χ4n) is 1.44. The van der Waals surface area contributed by atoms with Crippen LogP contribution >= 0.6 is 0 Å². The maximum absolute atomic E-state index is 13.4. The summed E-state index contributed by atoms with van der Waals surface area (Å²) in [6, 6.07) is 6.03. The van der Waals surface area contributed by atoms with Gasteiger partial charge in [-0.1, -0.05) is 12.1 Å². The Kier molecular flexibility index (Phi) is 2.82. The van der Waals surface area contributed by atoms with Crippen LogP contribution in [0.5, 0.6) is 0 Å². The van der Waals surface area contributed by atoms with E-state index in [0.717, 1.165) is 18.3 Å². The molecule has 17 heavy (non-hydrogen) atoms. The Bertz CT molecular complexity index is 547. The van der Waals surface area contributed by atoms with E-state index in [9.17, 15) is 13.6 Å². The second-order valence-electron chi connectivity index (χ2n) is 3.33. The van der Waals surface area contributed by atoms with Crippen LogP contribution < -0.4 is 0 Å². The average molecular weight is 235 g/mol. The van der Waals surface area contributed by atoms with Crippen molar-refractivity contribution in [3.05, 3.63) is 53.9 Å². The van der Waals surface area contributed by atoms with Crippen LogP contribution in [0, 0.1) is 11.6 Å². The van der Waals surface area contributed by atoms with Gasteiger partial charge in [0.1, 0.15) is 17.3 Å². The SMILES string of the molecule is O=C(O)c1ccc(-c2c(F)cccc2F)cn1. The van der Waals surface area contributed by atoms with Gasteiger partial charge in [-0.25, -0.2) is 18.6 Å². The molecule has 0 spiro atoms. The van der Waals surface area contributed by atoms with Gasteiger partial charge in [0, 0.05) is 11.8 Å². The largest absolute Gasteiger partial charge is 0.477 e. The molecule has 0 fully saturated rings. The highest BCUT2D eigenvalue weighted by atomic mass is 19.1. The molecule has 1 aromatic heterocycles. The summed E-state index contributed by atoms with van der Waals surface area (Å²) in [6.45, 7) is 0. The van der Waals surface area contributed by atoms with Crippen molar-refractivity contribution < 1.29 is 18.7 Å². The molecule has 2 aromatic rings. The van der Waals surface area contributed by atoms with E-state index >= 15 is 0 Å². The lowest BCUT2D eigenvalue weighted by Crippen LogP contribution is -2.00. The zero-order valence-corrected chi connectivity index (χ0v) is 8.52. The van der Waals surface area contributed by atoms with E-state index in [0.29, 0.717) is 0 Å². The van der Waals surface area contributed by atoms with Crippen molar-refractivity contribution in [2.75, 3.05) is 0 Å². The number of rotatable bonds is 2. The van der Waals surface area contributed by atoms with E-state index in [1.165, 1.54) is 18.2 Å². The predicted octanol–water partition coefficient (Wildman–Crippen LogP) is 2.73. The highest BCUT2D eigenvalue weighted by Crippen LogP contribution is 2.25. The first-order valence-electron chi connectivity index (χ1n) is 4.73. The van der Waals surface area contributed by atoms with Crippen LogP contribution in [0.1, 0.15) is 10.5 Å². The maximum Gasteiger partial charge on any atom is 0.354 e. The molecular weight excluding hydrogens is 228 g/mol. The van der Waals surface area contributed by atoms with E-state index in [-0.39, 0.29) is 16.8 Å². The topological polar surface area (TPSA) is 50.2 Å². The number of carboxylic acid groups (broad SMARTS) is 1. The minimum absolute atomic E-state index is 0.175. The molecule has 0 radical (unpaired) electrons. The summed E-state index contributed by atoms with van der Waals surface area (Å²) in [5.74, 6) is -2.62. The minimum atomic E-state index is -1.19. The standard InChI is InChI=1S/C12H7F2NO2/c13-8-2-1-3-9(14)11(8)7-4-5-10(12(16)17)15-6-7/h1-6H,(H,16,17). The normalized spacial score (nSPS) is 10.2. The number of nitrogens with zero attached hydrogens (tertiary/aromatic N) is 1.